The molecule has 0 spiro atoms. The number of rotatable bonds is 3. The van der Waals surface area contributed by atoms with Crippen LogP contribution in [0.4, 0.5) is 13.2 Å². The van der Waals surface area contributed by atoms with E-state index < -0.39 is 11.7 Å². The third-order valence-electron chi connectivity index (χ3n) is 3.72. The van der Waals surface area contributed by atoms with Crippen molar-refractivity contribution >= 4 is 11.6 Å². The van der Waals surface area contributed by atoms with Crippen LogP contribution in [0.5, 0.6) is 0 Å². The predicted molar refractivity (Wildman–Crippen MR) is 91.3 cm³/mol. The van der Waals surface area contributed by atoms with Gasteiger partial charge in [-0.3, -0.25) is 0 Å². The molecule has 0 fully saturated rings. The zero-order valence-corrected chi connectivity index (χ0v) is 12.8. The minimum atomic E-state index is -4.32. The predicted octanol–water partition coefficient (Wildman–Crippen LogP) is 6.29. The van der Waals surface area contributed by atoms with Gasteiger partial charge in [-0.05, 0) is 40.5 Å². The zero-order chi connectivity index (χ0) is 17.0. The highest BCUT2D eigenvalue weighted by molar-refractivity contribution is 5.91. The molecule has 0 nitrogen and oxygen atoms in total. The maximum atomic E-state index is 12.8. The molecule has 120 valence electrons. The summed E-state index contributed by atoms with van der Waals surface area (Å²) in [6.45, 7) is 0. The van der Waals surface area contributed by atoms with Crippen LogP contribution in [0.3, 0.4) is 0 Å². The number of alkyl halides is 3. The van der Waals surface area contributed by atoms with Crippen molar-refractivity contribution in [2.45, 2.75) is 6.18 Å². The normalized spacial score (nSPS) is 12.2. The minimum Gasteiger partial charge on any atom is -0.166 e. The van der Waals surface area contributed by atoms with E-state index in [4.69, 9.17) is 0 Å². The molecule has 0 saturated carbocycles. The Morgan fingerprint density at radius 1 is 0.625 bits per heavy atom. The summed E-state index contributed by atoms with van der Waals surface area (Å²) >= 11 is 0. The molecule has 3 aromatic rings. The van der Waals surface area contributed by atoms with Crippen molar-refractivity contribution in [2.24, 2.45) is 0 Å². The molecule has 0 saturated heterocycles. The van der Waals surface area contributed by atoms with E-state index in [-0.39, 0.29) is 0 Å². The summed E-state index contributed by atoms with van der Waals surface area (Å²) < 4.78 is 38.3. The molecule has 0 aromatic heterocycles. The lowest BCUT2D eigenvalue weighted by Crippen LogP contribution is -2.04. The van der Waals surface area contributed by atoms with Crippen LogP contribution in [0.1, 0.15) is 22.3 Å². The van der Waals surface area contributed by atoms with E-state index in [2.05, 4.69) is 0 Å². The summed E-state index contributed by atoms with van der Waals surface area (Å²) in [7, 11) is 0. The fraction of sp³-hybridized carbons (Fsp3) is 0.0476. The summed E-state index contributed by atoms with van der Waals surface area (Å²) in [4.78, 5) is 0. The topological polar surface area (TPSA) is 0 Å². The van der Waals surface area contributed by atoms with E-state index in [9.17, 15) is 13.2 Å². The van der Waals surface area contributed by atoms with Crippen molar-refractivity contribution in [2.75, 3.05) is 0 Å². The first kappa shape index (κ1) is 16.1. The summed E-state index contributed by atoms with van der Waals surface area (Å²) in [5.41, 5.74) is 2.95. The summed E-state index contributed by atoms with van der Waals surface area (Å²) in [5.74, 6) is 0. The van der Waals surface area contributed by atoms with E-state index in [0.717, 1.165) is 34.4 Å². The lowest BCUT2D eigenvalue weighted by atomic mass is 9.95. The van der Waals surface area contributed by atoms with Crippen LogP contribution in [0.2, 0.25) is 0 Å². The van der Waals surface area contributed by atoms with Gasteiger partial charge in [-0.15, -0.1) is 0 Å². The highest BCUT2D eigenvalue weighted by atomic mass is 19.4. The van der Waals surface area contributed by atoms with Crippen molar-refractivity contribution < 1.29 is 13.2 Å². The van der Waals surface area contributed by atoms with Gasteiger partial charge in [0.05, 0.1) is 5.56 Å². The van der Waals surface area contributed by atoms with Crippen LogP contribution in [0.15, 0.2) is 84.9 Å². The zero-order valence-electron chi connectivity index (χ0n) is 12.8. The Bertz CT molecular complexity index is 814. The number of halogens is 3. The fourth-order valence-electron chi connectivity index (χ4n) is 2.51. The number of hydrogen-bond acceptors (Lipinski definition) is 0. The molecular formula is C21H15F3. The molecule has 0 radical (unpaired) electrons. The van der Waals surface area contributed by atoms with Gasteiger partial charge in [0.25, 0.3) is 0 Å². The largest absolute Gasteiger partial charge is 0.416 e. The molecule has 3 heteroatoms. The Morgan fingerprint density at radius 3 is 1.67 bits per heavy atom. The first-order valence-electron chi connectivity index (χ1n) is 7.54. The van der Waals surface area contributed by atoms with Crippen LogP contribution < -0.4 is 0 Å². The molecule has 0 aliphatic carbocycles. The van der Waals surface area contributed by atoms with Gasteiger partial charge >= 0.3 is 6.18 Å². The quantitative estimate of drug-likeness (QED) is 0.496. The standard InChI is InChI=1S/C21H15F3/c22-21(23,24)19-13-11-18(12-14-19)20(17-9-5-2-6-10-17)15-16-7-3-1-4-8-16/h1-15H/b20-15+. The second-order valence-corrected chi connectivity index (χ2v) is 5.41. The van der Waals surface area contributed by atoms with Crippen LogP contribution in [-0.4, -0.2) is 0 Å². The van der Waals surface area contributed by atoms with Gasteiger partial charge in [0.15, 0.2) is 0 Å². The fourth-order valence-corrected chi connectivity index (χ4v) is 2.51. The average Bonchev–Trinajstić information content (AvgIpc) is 2.61. The molecule has 0 amide bonds. The summed E-state index contributed by atoms with van der Waals surface area (Å²) in [6.07, 6.45) is -2.34. The lowest BCUT2D eigenvalue weighted by molar-refractivity contribution is -0.137. The van der Waals surface area contributed by atoms with Crippen molar-refractivity contribution in [3.05, 3.63) is 107 Å². The van der Waals surface area contributed by atoms with Crippen molar-refractivity contribution in [3.63, 3.8) is 0 Å². The molecule has 3 aromatic carbocycles. The molecule has 3 rings (SSSR count). The third kappa shape index (κ3) is 3.74. The van der Waals surface area contributed by atoms with Gasteiger partial charge in [0.1, 0.15) is 0 Å². The molecule has 0 unspecified atom stereocenters. The van der Waals surface area contributed by atoms with Crippen LogP contribution in [0, 0.1) is 0 Å². The molecule has 0 aliphatic heterocycles. The molecule has 0 atom stereocenters. The van der Waals surface area contributed by atoms with E-state index >= 15 is 0 Å². The van der Waals surface area contributed by atoms with Crippen LogP contribution >= 0.6 is 0 Å². The third-order valence-corrected chi connectivity index (χ3v) is 3.72. The van der Waals surface area contributed by atoms with Gasteiger partial charge in [-0.2, -0.15) is 13.2 Å². The second-order valence-electron chi connectivity index (χ2n) is 5.41. The van der Waals surface area contributed by atoms with Gasteiger partial charge in [-0.25, -0.2) is 0 Å². The second kappa shape index (κ2) is 6.75. The Kier molecular flexibility index (Phi) is 4.52. The van der Waals surface area contributed by atoms with Gasteiger partial charge < -0.3 is 0 Å². The SMILES string of the molecule is FC(F)(F)c1ccc(/C(=C/c2ccccc2)c2ccccc2)cc1. The maximum Gasteiger partial charge on any atom is 0.416 e. The van der Waals surface area contributed by atoms with Gasteiger partial charge in [0.2, 0.25) is 0 Å². The van der Waals surface area contributed by atoms with E-state index in [1.54, 1.807) is 0 Å². The Morgan fingerprint density at radius 2 is 1.12 bits per heavy atom. The molecule has 0 aliphatic rings. The van der Waals surface area contributed by atoms with Gasteiger partial charge in [-0.1, -0.05) is 72.8 Å². The highest BCUT2D eigenvalue weighted by Gasteiger charge is 2.30. The Hall–Kier alpha value is -2.81. The molecule has 0 N–H and O–H groups in total. The Balaban J connectivity index is 2.07. The summed E-state index contributed by atoms with van der Waals surface area (Å²) in [5, 5.41) is 0. The first-order chi connectivity index (χ1) is 11.5. The van der Waals surface area contributed by atoms with Crippen molar-refractivity contribution in [1.82, 2.24) is 0 Å². The van der Waals surface area contributed by atoms with Crippen LogP contribution in [-0.2, 0) is 6.18 Å². The lowest BCUT2D eigenvalue weighted by Gasteiger charge is -2.11. The number of benzene rings is 3. The first-order valence-corrected chi connectivity index (χ1v) is 7.54. The van der Waals surface area contributed by atoms with Crippen molar-refractivity contribution in [1.29, 1.82) is 0 Å². The monoisotopic (exact) mass is 324 g/mol. The molecule has 0 bridgehead atoms. The molecule has 24 heavy (non-hydrogen) atoms. The van der Waals surface area contributed by atoms with Crippen molar-refractivity contribution in [3.8, 4) is 0 Å². The molecular weight excluding hydrogens is 309 g/mol. The number of hydrogen-bond donors (Lipinski definition) is 0. The van der Waals surface area contributed by atoms with E-state index in [0.29, 0.717) is 0 Å². The van der Waals surface area contributed by atoms with E-state index in [1.807, 2.05) is 66.7 Å². The maximum absolute atomic E-state index is 12.8. The minimum absolute atomic E-state index is 0.640. The summed E-state index contributed by atoms with van der Waals surface area (Å²) in [6, 6.07) is 24.6. The molecule has 0 heterocycles. The average molecular weight is 324 g/mol. The smallest absolute Gasteiger partial charge is 0.166 e. The van der Waals surface area contributed by atoms with Gasteiger partial charge in [0, 0.05) is 0 Å². The van der Waals surface area contributed by atoms with E-state index in [1.165, 1.54) is 12.1 Å². The Labute approximate surface area is 138 Å². The van der Waals surface area contributed by atoms with Crippen LogP contribution in [0.25, 0.3) is 11.6 Å². The highest BCUT2D eigenvalue weighted by Crippen LogP contribution is 2.32.